The molecule has 3 aromatic rings. The highest BCUT2D eigenvalue weighted by Crippen LogP contribution is 2.23. The first-order chi connectivity index (χ1) is 13.0. The van der Waals surface area contributed by atoms with Crippen LogP contribution in [0.15, 0.2) is 72.8 Å². The lowest BCUT2D eigenvalue weighted by Gasteiger charge is -2.10. The van der Waals surface area contributed by atoms with Gasteiger partial charge in [0.05, 0.1) is 11.4 Å². The summed E-state index contributed by atoms with van der Waals surface area (Å²) in [6, 6.07) is 21.3. The SMILES string of the molecule is Cc1ccc(N)c(NC(=O)C(=O)Nc2ccc(Oc3ccccc3)cc2)c1. The van der Waals surface area contributed by atoms with Gasteiger partial charge in [0.1, 0.15) is 11.5 Å². The van der Waals surface area contributed by atoms with Crippen LogP contribution in [0.2, 0.25) is 0 Å². The number of nitrogens with one attached hydrogen (secondary N) is 2. The van der Waals surface area contributed by atoms with Gasteiger partial charge < -0.3 is 21.1 Å². The van der Waals surface area contributed by atoms with Crippen molar-refractivity contribution in [2.75, 3.05) is 16.4 Å². The summed E-state index contributed by atoms with van der Waals surface area (Å²) in [5.41, 5.74) is 8.01. The normalized spacial score (nSPS) is 10.1. The van der Waals surface area contributed by atoms with Crippen LogP contribution in [0.5, 0.6) is 11.5 Å². The highest BCUT2D eigenvalue weighted by molar-refractivity contribution is 6.43. The molecule has 6 heteroatoms. The number of amides is 2. The van der Waals surface area contributed by atoms with Crippen LogP contribution in [-0.2, 0) is 9.59 Å². The van der Waals surface area contributed by atoms with Crippen LogP contribution in [-0.4, -0.2) is 11.8 Å². The van der Waals surface area contributed by atoms with Crippen LogP contribution in [0, 0.1) is 6.92 Å². The zero-order valence-electron chi connectivity index (χ0n) is 14.7. The minimum absolute atomic E-state index is 0.393. The maximum Gasteiger partial charge on any atom is 0.314 e. The summed E-state index contributed by atoms with van der Waals surface area (Å²) in [5, 5.41) is 5.05. The number of hydrogen-bond donors (Lipinski definition) is 3. The fraction of sp³-hybridized carbons (Fsp3) is 0.0476. The number of rotatable bonds is 4. The van der Waals surface area contributed by atoms with E-state index < -0.39 is 11.8 Å². The molecule has 0 atom stereocenters. The van der Waals surface area contributed by atoms with Gasteiger partial charge in [-0.15, -0.1) is 0 Å². The first-order valence-corrected chi connectivity index (χ1v) is 8.33. The lowest BCUT2D eigenvalue weighted by Crippen LogP contribution is -2.29. The molecule has 6 nitrogen and oxygen atoms in total. The van der Waals surface area contributed by atoms with Crippen LogP contribution in [0.3, 0.4) is 0 Å². The van der Waals surface area contributed by atoms with Gasteiger partial charge in [0.2, 0.25) is 0 Å². The number of hydrogen-bond acceptors (Lipinski definition) is 4. The van der Waals surface area contributed by atoms with Gasteiger partial charge in [-0.1, -0.05) is 24.3 Å². The van der Waals surface area contributed by atoms with Crippen molar-refractivity contribution in [1.29, 1.82) is 0 Å². The largest absolute Gasteiger partial charge is 0.457 e. The summed E-state index contributed by atoms with van der Waals surface area (Å²) in [5.74, 6) is -0.245. The van der Waals surface area contributed by atoms with E-state index >= 15 is 0 Å². The van der Waals surface area contributed by atoms with Crippen molar-refractivity contribution in [3.8, 4) is 11.5 Å². The number of anilines is 3. The van der Waals surface area contributed by atoms with E-state index in [9.17, 15) is 9.59 Å². The summed E-state index contributed by atoms with van der Waals surface area (Å²) in [4.78, 5) is 24.2. The number of benzene rings is 3. The maximum absolute atomic E-state index is 12.1. The Kier molecular flexibility index (Phi) is 5.37. The number of carbonyl (C=O) groups excluding carboxylic acids is 2. The molecular formula is C21H19N3O3. The molecule has 0 aliphatic rings. The average molecular weight is 361 g/mol. The molecule has 0 aliphatic carbocycles. The van der Waals surface area contributed by atoms with Crippen molar-refractivity contribution in [3.63, 3.8) is 0 Å². The molecule has 27 heavy (non-hydrogen) atoms. The van der Waals surface area contributed by atoms with Gasteiger partial charge in [0, 0.05) is 5.69 Å². The molecule has 0 spiro atoms. The van der Waals surface area contributed by atoms with Crippen molar-refractivity contribution in [1.82, 2.24) is 0 Å². The molecule has 0 aromatic heterocycles. The number of para-hydroxylation sites is 1. The predicted molar refractivity (Wildman–Crippen MR) is 106 cm³/mol. The summed E-state index contributed by atoms with van der Waals surface area (Å²) in [6.07, 6.45) is 0. The fourth-order valence-corrected chi connectivity index (χ4v) is 2.38. The van der Waals surface area contributed by atoms with E-state index in [1.54, 1.807) is 36.4 Å². The van der Waals surface area contributed by atoms with Crippen LogP contribution in [0.1, 0.15) is 5.56 Å². The molecule has 136 valence electrons. The van der Waals surface area contributed by atoms with Gasteiger partial charge >= 0.3 is 11.8 Å². The van der Waals surface area contributed by atoms with Gasteiger partial charge in [-0.25, -0.2) is 0 Å². The Morgan fingerprint density at radius 3 is 2.15 bits per heavy atom. The molecule has 0 aliphatic heterocycles. The second-order valence-corrected chi connectivity index (χ2v) is 5.94. The second kappa shape index (κ2) is 8.05. The minimum Gasteiger partial charge on any atom is -0.457 e. The third-order valence-electron chi connectivity index (χ3n) is 3.75. The molecular weight excluding hydrogens is 342 g/mol. The van der Waals surface area contributed by atoms with E-state index in [4.69, 9.17) is 10.5 Å². The molecule has 0 saturated carbocycles. The molecule has 4 N–H and O–H groups in total. The van der Waals surface area contributed by atoms with E-state index in [2.05, 4.69) is 10.6 Å². The molecule has 0 bridgehead atoms. The van der Waals surface area contributed by atoms with Gasteiger partial charge in [-0.3, -0.25) is 9.59 Å². The third kappa shape index (κ3) is 4.85. The Hall–Kier alpha value is -3.80. The highest BCUT2D eigenvalue weighted by Gasteiger charge is 2.15. The number of nitrogens with two attached hydrogens (primary N) is 1. The zero-order valence-corrected chi connectivity index (χ0v) is 14.7. The van der Waals surface area contributed by atoms with Crippen molar-refractivity contribution in [2.45, 2.75) is 6.92 Å². The maximum atomic E-state index is 12.1. The lowest BCUT2D eigenvalue weighted by molar-refractivity contribution is -0.132. The highest BCUT2D eigenvalue weighted by atomic mass is 16.5. The van der Waals surface area contributed by atoms with E-state index in [1.807, 2.05) is 43.3 Å². The third-order valence-corrected chi connectivity index (χ3v) is 3.75. The smallest absolute Gasteiger partial charge is 0.314 e. The molecule has 3 rings (SSSR count). The zero-order chi connectivity index (χ0) is 19.2. The summed E-state index contributed by atoms with van der Waals surface area (Å²) < 4.78 is 5.68. The Morgan fingerprint density at radius 2 is 1.44 bits per heavy atom. The van der Waals surface area contributed by atoms with Crippen LogP contribution >= 0.6 is 0 Å². The summed E-state index contributed by atoms with van der Waals surface area (Å²) in [6.45, 7) is 1.87. The van der Waals surface area contributed by atoms with E-state index in [0.717, 1.165) is 5.56 Å². The number of nitrogen functional groups attached to an aromatic ring is 1. The van der Waals surface area contributed by atoms with Gasteiger partial charge in [-0.2, -0.15) is 0 Å². The van der Waals surface area contributed by atoms with Crippen molar-refractivity contribution in [2.24, 2.45) is 0 Å². The van der Waals surface area contributed by atoms with E-state index in [1.165, 1.54) is 0 Å². The van der Waals surface area contributed by atoms with Crippen LogP contribution in [0.4, 0.5) is 17.1 Å². The molecule has 0 heterocycles. The van der Waals surface area contributed by atoms with Gasteiger partial charge in [0.25, 0.3) is 0 Å². The van der Waals surface area contributed by atoms with Gasteiger partial charge in [0.15, 0.2) is 0 Å². The topological polar surface area (TPSA) is 93.5 Å². The van der Waals surface area contributed by atoms with Crippen LogP contribution < -0.4 is 21.1 Å². The summed E-state index contributed by atoms with van der Waals surface area (Å²) in [7, 11) is 0. The molecule has 2 amide bonds. The van der Waals surface area contributed by atoms with E-state index in [-0.39, 0.29) is 0 Å². The predicted octanol–water partition coefficient (Wildman–Crippen LogP) is 3.95. The lowest BCUT2D eigenvalue weighted by atomic mass is 10.2. The first-order valence-electron chi connectivity index (χ1n) is 8.33. The Labute approximate surface area is 157 Å². The average Bonchev–Trinajstić information content (AvgIpc) is 2.67. The van der Waals surface area contributed by atoms with Crippen molar-refractivity contribution >= 4 is 28.9 Å². The fourth-order valence-electron chi connectivity index (χ4n) is 2.38. The molecule has 0 unspecified atom stereocenters. The Morgan fingerprint density at radius 1 is 0.815 bits per heavy atom. The van der Waals surface area contributed by atoms with Crippen molar-refractivity contribution in [3.05, 3.63) is 78.4 Å². The molecule has 3 aromatic carbocycles. The van der Waals surface area contributed by atoms with Crippen molar-refractivity contribution < 1.29 is 14.3 Å². The quantitative estimate of drug-likeness (QED) is 0.484. The molecule has 0 fully saturated rings. The number of aryl methyl sites for hydroxylation is 1. The monoisotopic (exact) mass is 361 g/mol. The first kappa shape index (κ1) is 18.0. The number of carbonyl (C=O) groups is 2. The molecule has 0 radical (unpaired) electrons. The number of ether oxygens (including phenoxy) is 1. The summed E-state index contributed by atoms with van der Waals surface area (Å²) >= 11 is 0. The Balaban J connectivity index is 1.60. The standard InChI is InChI=1S/C21H19N3O3/c1-14-7-12-18(22)19(13-14)24-21(26)20(25)23-15-8-10-17(11-9-15)27-16-5-3-2-4-6-16/h2-13H,22H2,1H3,(H,23,25)(H,24,26). The Bertz CT molecular complexity index is 954. The van der Waals surface area contributed by atoms with E-state index in [0.29, 0.717) is 28.6 Å². The minimum atomic E-state index is -0.795. The second-order valence-electron chi connectivity index (χ2n) is 5.94. The van der Waals surface area contributed by atoms with Gasteiger partial charge in [-0.05, 0) is 61.0 Å². The van der Waals surface area contributed by atoms with Crippen LogP contribution in [0.25, 0.3) is 0 Å². The molecule has 0 saturated heterocycles.